The third-order valence-corrected chi connectivity index (χ3v) is 6.31. The molecule has 0 aromatic heterocycles. The van der Waals surface area contributed by atoms with E-state index in [1.807, 2.05) is 0 Å². The molecule has 1 aliphatic rings. The normalized spacial score (nSPS) is 17.6. The van der Waals surface area contributed by atoms with E-state index >= 15 is 0 Å². The molecule has 5 rings (SSSR count). The number of esters is 4. The Labute approximate surface area is 247 Å². The second kappa shape index (κ2) is 13.9. The molecule has 0 amide bonds. The minimum absolute atomic E-state index is 0.213. The van der Waals surface area contributed by atoms with Gasteiger partial charge in [-0.1, -0.05) is 72.8 Å². The highest BCUT2D eigenvalue weighted by Crippen LogP contribution is 2.27. The first-order valence-corrected chi connectivity index (χ1v) is 13.4. The maximum atomic E-state index is 13.0. The Balaban J connectivity index is 1.44. The molecular formula is C34H26O9. The Hall–Kier alpha value is -5.54. The minimum atomic E-state index is -1.53. The van der Waals surface area contributed by atoms with E-state index in [9.17, 15) is 19.2 Å². The number of hydrogen-bond donors (Lipinski definition) is 0. The first-order chi connectivity index (χ1) is 21.0. The Kier molecular flexibility index (Phi) is 9.35. The molecule has 4 aromatic carbocycles. The van der Waals surface area contributed by atoms with Crippen molar-refractivity contribution >= 4 is 23.9 Å². The average Bonchev–Trinajstić information content (AvgIpc) is 3.06. The monoisotopic (exact) mass is 578 g/mol. The number of ether oxygens (including phenoxy) is 5. The van der Waals surface area contributed by atoms with E-state index in [4.69, 9.17) is 23.7 Å². The fourth-order valence-corrected chi connectivity index (χ4v) is 4.12. The molecule has 0 bridgehead atoms. The lowest BCUT2D eigenvalue weighted by Crippen LogP contribution is -2.45. The summed E-state index contributed by atoms with van der Waals surface area (Å²) in [6, 6.07) is 32.9. The number of carbonyl (C=O) groups excluding carboxylic acids is 4. The second-order valence-corrected chi connectivity index (χ2v) is 9.30. The average molecular weight is 579 g/mol. The highest BCUT2D eigenvalue weighted by atomic mass is 16.7. The van der Waals surface area contributed by atoms with Crippen molar-refractivity contribution in [3.8, 4) is 0 Å². The van der Waals surface area contributed by atoms with Crippen LogP contribution in [0.3, 0.4) is 0 Å². The number of carbonyl (C=O) groups is 4. The van der Waals surface area contributed by atoms with Crippen LogP contribution in [0.2, 0.25) is 0 Å². The minimum Gasteiger partial charge on any atom is -0.459 e. The molecule has 0 N–H and O–H groups in total. The van der Waals surface area contributed by atoms with Crippen molar-refractivity contribution in [2.45, 2.75) is 18.5 Å². The van der Waals surface area contributed by atoms with Gasteiger partial charge in [0.05, 0.1) is 22.3 Å². The van der Waals surface area contributed by atoms with Crippen molar-refractivity contribution in [1.82, 2.24) is 0 Å². The Morgan fingerprint density at radius 2 is 0.953 bits per heavy atom. The predicted octanol–water partition coefficient (Wildman–Crippen LogP) is 5.39. The van der Waals surface area contributed by atoms with Crippen LogP contribution in [0, 0.1) is 0 Å². The van der Waals surface area contributed by atoms with E-state index in [2.05, 4.69) is 0 Å². The van der Waals surface area contributed by atoms with Crippen molar-refractivity contribution < 1.29 is 42.9 Å². The summed E-state index contributed by atoms with van der Waals surface area (Å²) in [5.41, 5.74) is 1.02. The summed E-state index contributed by atoms with van der Waals surface area (Å²) in [6.07, 6.45) is -2.54. The van der Waals surface area contributed by atoms with Crippen LogP contribution in [-0.4, -0.2) is 49.0 Å². The van der Waals surface area contributed by atoms with Crippen LogP contribution in [-0.2, 0) is 23.7 Å². The van der Waals surface area contributed by atoms with E-state index in [1.54, 1.807) is 121 Å². The maximum absolute atomic E-state index is 13.0. The summed E-state index contributed by atoms with van der Waals surface area (Å²) in [5.74, 6) is -3.06. The molecule has 216 valence electrons. The summed E-state index contributed by atoms with van der Waals surface area (Å²) >= 11 is 0. The summed E-state index contributed by atoms with van der Waals surface area (Å²) in [7, 11) is 0. The molecule has 43 heavy (non-hydrogen) atoms. The lowest BCUT2D eigenvalue weighted by Gasteiger charge is -2.34. The molecular weight excluding hydrogens is 552 g/mol. The van der Waals surface area contributed by atoms with Gasteiger partial charge < -0.3 is 23.7 Å². The topological polar surface area (TPSA) is 114 Å². The SMILES string of the molecule is O=C(OC[C@H]1O[C@H](OC(=O)c2ccccc2)C(OC(=O)c2ccccc2)=C[C@@H]1OC(=O)c1ccccc1)c1ccccc1. The number of benzene rings is 4. The standard InChI is InChI=1S/C34H26O9/c35-30(23-13-5-1-6-14-23)39-22-29-27(40-31(36)24-15-7-2-8-16-24)21-28(41-32(37)25-17-9-3-10-18-25)34(42-29)43-33(38)26-19-11-4-12-20-26/h1-21,27,29,34H,22H2/t27-,29+,34+/m0/s1. The smallest absolute Gasteiger partial charge is 0.343 e. The van der Waals surface area contributed by atoms with Crippen LogP contribution in [0.5, 0.6) is 0 Å². The molecule has 9 nitrogen and oxygen atoms in total. The molecule has 0 aliphatic carbocycles. The molecule has 0 radical (unpaired) electrons. The maximum Gasteiger partial charge on any atom is 0.343 e. The number of hydrogen-bond acceptors (Lipinski definition) is 9. The molecule has 0 fully saturated rings. The molecule has 1 aliphatic heterocycles. The number of rotatable bonds is 9. The van der Waals surface area contributed by atoms with Gasteiger partial charge in [0.2, 0.25) is 0 Å². The van der Waals surface area contributed by atoms with Gasteiger partial charge in [-0.3, -0.25) is 0 Å². The predicted molar refractivity (Wildman–Crippen MR) is 153 cm³/mol. The molecule has 9 heteroatoms. The van der Waals surface area contributed by atoms with Crippen molar-refractivity contribution in [3.05, 3.63) is 155 Å². The van der Waals surface area contributed by atoms with Gasteiger partial charge in [-0.2, -0.15) is 0 Å². The molecule has 3 atom stereocenters. The largest absolute Gasteiger partial charge is 0.459 e. The van der Waals surface area contributed by atoms with Crippen LogP contribution in [0.4, 0.5) is 0 Å². The molecule has 0 spiro atoms. The van der Waals surface area contributed by atoms with E-state index < -0.39 is 42.4 Å². The van der Waals surface area contributed by atoms with Crippen molar-refractivity contribution in [3.63, 3.8) is 0 Å². The van der Waals surface area contributed by atoms with Crippen molar-refractivity contribution in [2.24, 2.45) is 0 Å². The van der Waals surface area contributed by atoms with E-state index in [0.717, 1.165) is 0 Å². The zero-order valence-electron chi connectivity index (χ0n) is 22.7. The first kappa shape index (κ1) is 29.0. The van der Waals surface area contributed by atoms with E-state index in [-0.39, 0.29) is 29.1 Å². The quantitative estimate of drug-likeness (QED) is 0.190. The van der Waals surface area contributed by atoms with Gasteiger partial charge in [-0.05, 0) is 48.5 Å². The van der Waals surface area contributed by atoms with Crippen molar-refractivity contribution in [1.29, 1.82) is 0 Å². The fraction of sp³-hybridized carbons (Fsp3) is 0.118. The van der Waals surface area contributed by atoms with Crippen LogP contribution in [0.1, 0.15) is 41.4 Å². The van der Waals surface area contributed by atoms with E-state index in [0.29, 0.717) is 5.56 Å². The van der Waals surface area contributed by atoms with Gasteiger partial charge in [-0.15, -0.1) is 0 Å². The highest BCUT2D eigenvalue weighted by molar-refractivity contribution is 5.91. The lowest BCUT2D eigenvalue weighted by atomic mass is 10.1. The second-order valence-electron chi connectivity index (χ2n) is 9.30. The third kappa shape index (κ3) is 7.60. The van der Waals surface area contributed by atoms with Gasteiger partial charge in [-0.25, -0.2) is 19.2 Å². The van der Waals surface area contributed by atoms with Gasteiger partial charge in [0.1, 0.15) is 12.7 Å². The van der Waals surface area contributed by atoms with Crippen LogP contribution in [0.15, 0.2) is 133 Å². The fourth-order valence-electron chi connectivity index (χ4n) is 4.12. The summed E-state index contributed by atoms with van der Waals surface area (Å²) in [6.45, 7) is -0.379. The molecule has 1 heterocycles. The lowest BCUT2D eigenvalue weighted by molar-refractivity contribution is -0.179. The summed E-state index contributed by atoms with van der Waals surface area (Å²) in [4.78, 5) is 51.7. The van der Waals surface area contributed by atoms with Gasteiger partial charge in [0, 0.05) is 6.08 Å². The van der Waals surface area contributed by atoms with Crippen molar-refractivity contribution in [2.75, 3.05) is 6.61 Å². The van der Waals surface area contributed by atoms with Crippen LogP contribution < -0.4 is 0 Å². The zero-order valence-corrected chi connectivity index (χ0v) is 22.7. The molecule has 4 aromatic rings. The highest BCUT2D eigenvalue weighted by Gasteiger charge is 2.40. The van der Waals surface area contributed by atoms with Gasteiger partial charge in [0.15, 0.2) is 11.9 Å². The Morgan fingerprint density at radius 3 is 1.44 bits per heavy atom. The molecule has 0 saturated heterocycles. The molecule has 0 saturated carbocycles. The van der Waals surface area contributed by atoms with Gasteiger partial charge >= 0.3 is 23.9 Å². The van der Waals surface area contributed by atoms with Crippen LogP contribution in [0.25, 0.3) is 0 Å². The summed E-state index contributed by atoms with van der Waals surface area (Å²) < 4.78 is 28.4. The zero-order chi connectivity index (χ0) is 30.0. The van der Waals surface area contributed by atoms with Crippen LogP contribution >= 0.6 is 0 Å². The Bertz CT molecular complexity index is 1590. The third-order valence-electron chi connectivity index (χ3n) is 6.31. The molecule has 0 unspecified atom stereocenters. The summed E-state index contributed by atoms with van der Waals surface area (Å²) in [5, 5.41) is 0. The van der Waals surface area contributed by atoms with E-state index in [1.165, 1.54) is 6.08 Å². The Morgan fingerprint density at radius 1 is 0.535 bits per heavy atom. The first-order valence-electron chi connectivity index (χ1n) is 13.4. The van der Waals surface area contributed by atoms with Gasteiger partial charge in [0.25, 0.3) is 6.29 Å².